The number of pyridine rings is 12. The van der Waals surface area contributed by atoms with Crippen molar-refractivity contribution in [2.75, 3.05) is 11.5 Å². The Hall–Kier alpha value is -13.5. The van der Waals surface area contributed by atoms with E-state index in [-0.39, 0.29) is 74.9 Å². The summed E-state index contributed by atoms with van der Waals surface area (Å²) >= 11 is 3.50. The van der Waals surface area contributed by atoms with Crippen LogP contribution >= 0.6 is 15.9 Å². The predicted octanol–water partition coefficient (Wildman–Crippen LogP) is 20.4. The number of nitrogens with two attached hydrogens (primary N) is 2. The van der Waals surface area contributed by atoms with Gasteiger partial charge in [0.2, 0.25) is 0 Å². The van der Waals surface area contributed by atoms with E-state index < -0.39 is 0 Å². The molecule has 116 heavy (non-hydrogen) atoms. The second-order valence-corrected chi connectivity index (χ2v) is 25.1. The van der Waals surface area contributed by atoms with E-state index in [9.17, 15) is 0 Å². The number of anilines is 2. The number of hydrogen-bond acceptors (Lipinski definition) is 18. The van der Waals surface area contributed by atoms with Crippen molar-refractivity contribution in [2.45, 2.75) is 7.43 Å². The summed E-state index contributed by atoms with van der Waals surface area (Å²) in [6, 6.07) is 88.8. The molecule has 566 valence electrons. The van der Waals surface area contributed by atoms with Gasteiger partial charge in [0, 0.05) is 188 Å². The van der Waals surface area contributed by atoms with Gasteiger partial charge in [-0.1, -0.05) is 102 Å². The topological polar surface area (TPSA) is 258 Å². The van der Waals surface area contributed by atoms with Gasteiger partial charge in [-0.25, -0.2) is 19.9 Å². The molecule has 0 fully saturated rings. The molecule has 0 unspecified atom stereocenters. The van der Waals surface area contributed by atoms with Crippen molar-refractivity contribution in [3.8, 4) is 69.7 Å². The van der Waals surface area contributed by atoms with Gasteiger partial charge in [0.15, 0.2) is 0 Å². The number of fused-ring (bicyclic) bond motifs is 14. The zero-order valence-electron chi connectivity index (χ0n) is 61.4. The molecule has 0 aliphatic heterocycles. The van der Waals surface area contributed by atoms with Crippen molar-refractivity contribution in [3.63, 3.8) is 0 Å². The van der Waals surface area contributed by atoms with Crippen molar-refractivity contribution in [1.29, 1.82) is 0 Å². The van der Waals surface area contributed by atoms with Crippen molar-refractivity contribution in [1.82, 2.24) is 79.7 Å². The van der Waals surface area contributed by atoms with Crippen LogP contribution in [0, 0.1) is 31.6 Å². The Morgan fingerprint density at radius 1 is 0.250 bits per heavy atom. The van der Waals surface area contributed by atoms with Crippen LogP contribution in [0.1, 0.15) is 24.1 Å². The molecule has 4 N–H and O–H groups in total. The van der Waals surface area contributed by atoms with Crippen LogP contribution in [-0.2, 0) is 60.0 Å². The minimum absolute atomic E-state index is 0. The Kier molecular flexibility index (Phi) is 32.4. The summed E-state index contributed by atoms with van der Waals surface area (Å²) in [4.78, 5) is 71.2. The third-order valence-corrected chi connectivity index (χ3v) is 17.1. The van der Waals surface area contributed by atoms with E-state index in [2.05, 4.69) is 93.5 Å². The first kappa shape index (κ1) is 86.5. The van der Waals surface area contributed by atoms with Crippen molar-refractivity contribution < 1.29 is 60.0 Å². The summed E-state index contributed by atoms with van der Waals surface area (Å²) in [5.41, 5.74) is 32.7. The van der Waals surface area contributed by atoms with Crippen LogP contribution in [0.25, 0.3) is 133 Å². The van der Waals surface area contributed by atoms with E-state index in [0.29, 0.717) is 11.4 Å². The number of halogens is 1. The molecule has 20 rings (SSSR count). The smallest absolute Gasteiger partial charge is 0.0996 e. The van der Waals surface area contributed by atoms with E-state index in [4.69, 9.17) is 37.8 Å². The Morgan fingerprint density at radius 3 is 0.784 bits per heavy atom. The number of terminal acetylenes is 1. The summed E-state index contributed by atoms with van der Waals surface area (Å²) in [5, 5.41) is 3.84. The molecule has 0 spiro atoms. The molecule has 0 saturated carbocycles. The third kappa shape index (κ3) is 22.2. The molecule has 14 aromatic heterocycles. The standard InChI is InChI=1S/C26H15N5.C18H9BrN4.4C10H8N2.C8H7N.CH4.CH3.2Ru.W/c27-18-5-1-4-16(14-18)8-9-17-10-11-21-22(15-17)31-26-20-7-3-13-29-24(20)23-19(25(26)30-21)6-2-12-28-23;19-10-5-6-13-14(9-10)23-18-12-4-2-8-21-16(12)15-11(17(18)22-13)3-1-7-20-15;4*1-3-7-11-9(5-1)10-6-2-4-8-12-10;1-2-7-4-3-5-8(9)6-7;;;;;/h1-7,10-15H,27H2;1-9H;4*1-8H;1,3-6H,9H2;1H4;1H3;;;/q;;;;;;;;-1;;;. The Balaban J connectivity index is 0.000000161. The van der Waals surface area contributed by atoms with Gasteiger partial charge < -0.3 is 18.9 Å². The molecule has 0 radical (unpaired) electrons. The van der Waals surface area contributed by atoms with E-state index in [1.165, 1.54) is 0 Å². The van der Waals surface area contributed by atoms with Crippen molar-refractivity contribution >= 4 is 115 Å². The Morgan fingerprint density at radius 2 is 0.509 bits per heavy atom. The number of rotatable bonds is 4. The molecule has 22 heteroatoms. The summed E-state index contributed by atoms with van der Waals surface area (Å²) < 4.78 is 0.989. The SMILES string of the molecule is Brc1ccc2nc3c4cccnc4c4ncccc4c3nc2c1.C.C#Cc1cccc(N)c1.Nc1cccc(C#Cc2ccc3nc4c5cccnc5c5ncccc5c4nc3c2)c1.[CH3-].[Ru].[Ru].[W].c1ccc(-c2ccccn2)nc1.c1ccc(-c2ccccn2)nc1.c1ccc(-c2ccccn2)nc1.c1ccc(-c2ccccn2)nc1. The molecule has 0 atom stereocenters. The fourth-order valence-corrected chi connectivity index (χ4v) is 11.9. The van der Waals surface area contributed by atoms with Crippen LogP contribution in [0.15, 0.2) is 358 Å². The van der Waals surface area contributed by atoms with Gasteiger partial charge in [-0.3, -0.25) is 59.8 Å². The Bertz CT molecular complexity index is 6210. The first-order valence-corrected chi connectivity index (χ1v) is 35.7. The van der Waals surface area contributed by atoms with Crippen LogP contribution in [0.3, 0.4) is 0 Å². The van der Waals surface area contributed by atoms with E-state index in [1.54, 1.807) is 86.5 Å². The number of aromatic nitrogens is 16. The van der Waals surface area contributed by atoms with Gasteiger partial charge in [0.1, 0.15) is 0 Å². The fraction of sp³-hybridized carbons (Fsp3) is 0.0106. The maximum atomic E-state index is 5.84. The molecule has 0 aliphatic carbocycles. The summed E-state index contributed by atoms with van der Waals surface area (Å²) in [6.45, 7) is 0. The maximum Gasteiger partial charge on any atom is 0.0996 e. The van der Waals surface area contributed by atoms with Gasteiger partial charge in [-0.05, 0) is 218 Å². The second-order valence-electron chi connectivity index (χ2n) is 24.1. The maximum absolute atomic E-state index is 5.84. The van der Waals surface area contributed by atoms with Crippen molar-refractivity contribution in [3.05, 3.63) is 382 Å². The van der Waals surface area contributed by atoms with Gasteiger partial charge in [-0.2, -0.15) is 0 Å². The molecule has 18 nitrogen and oxygen atoms in total. The number of nitrogen functional groups attached to an aromatic ring is 2. The van der Waals surface area contributed by atoms with Crippen LogP contribution in [0.2, 0.25) is 0 Å². The quantitative estimate of drug-likeness (QED) is 0.0414. The Labute approximate surface area is 719 Å². The molecule has 0 amide bonds. The largest absolute Gasteiger partial charge is 0.399 e. The van der Waals surface area contributed by atoms with E-state index >= 15 is 0 Å². The average Bonchev–Trinajstić information content (AvgIpc) is 0.741. The third-order valence-electron chi connectivity index (χ3n) is 16.7. The second kappa shape index (κ2) is 43.5. The molecule has 14 heterocycles. The zero-order valence-corrected chi connectivity index (χ0v) is 69.4. The minimum atomic E-state index is 0. The van der Waals surface area contributed by atoms with Gasteiger partial charge in [-0.15, -0.1) is 6.42 Å². The van der Waals surface area contributed by atoms with Crippen molar-refractivity contribution in [2.24, 2.45) is 0 Å². The average molecular weight is 1920 g/mol. The monoisotopic (exact) mass is 1920 g/mol. The molecule has 6 aromatic carbocycles. The van der Waals surface area contributed by atoms with Gasteiger partial charge in [0.05, 0.1) is 112 Å². The first-order valence-electron chi connectivity index (χ1n) is 34.9. The number of nitrogens with zero attached hydrogens (tertiary/aromatic N) is 16. The van der Waals surface area contributed by atoms with Crippen LogP contribution in [0.4, 0.5) is 11.4 Å². The molecular formula is C94H70BrN18Ru2W-. The number of hydrogen-bond donors (Lipinski definition) is 2. The van der Waals surface area contributed by atoms with Crippen LogP contribution in [-0.4, -0.2) is 79.7 Å². The molecule has 0 bridgehead atoms. The van der Waals surface area contributed by atoms with E-state index in [0.717, 1.165) is 154 Å². The van der Waals surface area contributed by atoms with Gasteiger partial charge in [0.25, 0.3) is 0 Å². The molecule has 20 aromatic rings. The minimum Gasteiger partial charge on any atom is -0.399 e. The van der Waals surface area contributed by atoms with Crippen LogP contribution in [0.5, 0.6) is 0 Å². The summed E-state index contributed by atoms with van der Waals surface area (Å²) in [6.07, 6.45) is 26.4. The van der Waals surface area contributed by atoms with Gasteiger partial charge >= 0.3 is 0 Å². The summed E-state index contributed by atoms with van der Waals surface area (Å²) in [5.74, 6) is 8.85. The number of benzene rings is 6. The summed E-state index contributed by atoms with van der Waals surface area (Å²) in [7, 11) is 0. The first-order chi connectivity index (χ1) is 54.8. The molecular weight excluding hydrogens is 1850 g/mol. The van der Waals surface area contributed by atoms with Crippen LogP contribution < -0.4 is 11.5 Å². The molecule has 0 saturated heterocycles. The predicted molar refractivity (Wildman–Crippen MR) is 462 cm³/mol. The fourth-order valence-electron chi connectivity index (χ4n) is 11.6. The normalized spacial score (nSPS) is 9.93. The molecule has 0 aliphatic rings. The zero-order chi connectivity index (χ0) is 75.8. The van der Waals surface area contributed by atoms with E-state index in [1.807, 2.05) is 267 Å².